The third kappa shape index (κ3) is 3.57. The maximum atomic E-state index is 12.2. The maximum Gasteiger partial charge on any atom is 0.323 e. The Morgan fingerprint density at radius 2 is 1.82 bits per heavy atom. The molecule has 5 nitrogen and oxygen atoms in total. The Morgan fingerprint density at radius 1 is 1.09 bits per heavy atom. The summed E-state index contributed by atoms with van der Waals surface area (Å²) >= 11 is 3.37. The fourth-order valence-electron chi connectivity index (χ4n) is 2.49. The van der Waals surface area contributed by atoms with Gasteiger partial charge >= 0.3 is 6.03 Å². The number of hydrogen-bond acceptors (Lipinski definition) is 3. The van der Waals surface area contributed by atoms with Gasteiger partial charge in [0.2, 0.25) is 0 Å². The standard InChI is InChI=1S/C16H17BrN4O/c17-12-5-7-13(8-6-12)19-16(22)20-14-4-3-9-18-15(14)21-10-1-2-11-21/h3-9H,1-2,10-11H2,(H2,19,20,22). The zero-order chi connectivity index (χ0) is 15.4. The number of hydrogen-bond donors (Lipinski definition) is 2. The largest absolute Gasteiger partial charge is 0.355 e. The second-order valence-corrected chi connectivity index (χ2v) is 6.07. The van der Waals surface area contributed by atoms with Crippen molar-refractivity contribution in [2.75, 3.05) is 28.6 Å². The maximum absolute atomic E-state index is 12.2. The molecule has 114 valence electrons. The van der Waals surface area contributed by atoms with Crippen LogP contribution in [0.3, 0.4) is 0 Å². The third-order valence-corrected chi connectivity index (χ3v) is 4.07. The number of urea groups is 1. The minimum Gasteiger partial charge on any atom is -0.355 e. The summed E-state index contributed by atoms with van der Waals surface area (Å²) in [5, 5.41) is 5.70. The molecule has 6 heteroatoms. The minimum atomic E-state index is -0.268. The molecule has 0 saturated carbocycles. The van der Waals surface area contributed by atoms with Gasteiger partial charge in [0, 0.05) is 29.4 Å². The molecule has 0 spiro atoms. The molecule has 1 aliphatic heterocycles. The van der Waals surface area contributed by atoms with Gasteiger partial charge in [0.15, 0.2) is 5.82 Å². The van der Waals surface area contributed by atoms with E-state index in [1.54, 1.807) is 6.20 Å². The normalized spacial score (nSPS) is 14.0. The summed E-state index contributed by atoms with van der Waals surface area (Å²) in [5.41, 5.74) is 1.48. The molecule has 0 atom stereocenters. The van der Waals surface area contributed by atoms with Gasteiger partial charge in [-0.2, -0.15) is 0 Å². The van der Waals surface area contributed by atoms with Crippen LogP contribution in [0.4, 0.5) is 22.0 Å². The van der Waals surface area contributed by atoms with E-state index in [-0.39, 0.29) is 6.03 Å². The molecule has 1 aromatic heterocycles. The van der Waals surface area contributed by atoms with Crippen molar-refractivity contribution in [3.63, 3.8) is 0 Å². The number of nitrogens with zero attached hydrogens (tertiary/aromatic N) is 2. The highest BCUT2D eigenvalue weighted by Crippen LogP contribution is 2.26. The molecule has 1 aromatic carbocycles. The average molecular weight is 361 g/mol. The summed E-state index contributed by atoms with van der Waals surface area (Å²) in [7, 11) is 0. The highest BCUT2D eigenvalue weighted by Gasteiger charge is 2.17. The molecule has 2 amide bonds. The fourth-order valence-corrected chi connectivity index (χ4v) is 2.76. The van der Waals surface area contributed by atoms with Crippen molar-refractivity contribution in [3.8, 4) is 0 Å². The highest BCUT2D eigenvalue weighted by atomic mass is 79.9. The van der Waals surface area contributed by atoms with E-state index in [2.05, 4.69) is 36.4 Å². The number of amides is 2. The Hall–Kier alpha value is -2.08. The van der Waals surface area contributed by atoms with Crippen molar-refractivity contribution in [3.05, 3.63) is 47.1 Å². The summed E-state index contributed by atoms with van der Waals surface area (Å²) in [6.45, 7) is 1.97. The first-order valence-electron chi connectivity index (χ1n) is 7.26. The van der Waals surface area contributed by atoms with Crippen molar-refractivity contribution in [2.24, 2.45) is 0 Å². The van der Waals surface area contributed by atoms with Crippen LogP contribution in [-0.4, -0.2) is 24.1 Å². The number of benzene rings is 1. The predicted octanol–water partition coefficient (Wildman–Crippen LogP) is 4.09. The van der Waals surface area contributed by atoms with Gasteiger partial charge in [-0.3, -0.25) is 0 Å². The van der Waals surface area contributed by atoms with Gasteiger partial charge in [0.25, 0.3) is 0 Å². The lowest BCUT2D eigenvalue weighted by molar-refractivity contribution is 0.262. The molecule has 0 bridgehead atoms. The number of rotatable bonds is 3. The van der Waals surface area contributed by atoms with E-state index in [9.17, 15) is 4.79 Å². The zero-order valence-electron chi connectivity index (χ0n) is 12.1. The number of carbonyl (C=O) groups excluding carboxylic acids is 1. The summed E-state index contributed by atoms with van der Waals surface area (Å²) in [4.78, 5) is 18.8. The van der Waals surface area contributed by atoms with E-state index < -0.39 is 0 Å². The summed E-state index contributed by atoms with van der Waals surface area (Å²) < 4.78 is 0.974. The van der Waals surface area contributed by atoms with Gasteiger partial charge in [0.05, 0.1) is 5.69 Å². The zero-order valence-corrected chi connectivity index (χ0v) is 13.6. The van der Waals surface area contributed by atoms with E-state index in [4.69, 9.17) is 0 Å². The van der Waals surface area contributed by atoms with E-state index in [0.29, 0.717) is 0 Å². The van der Waals surface area contributed by atoms with Crippen LogP contribution in [0, 0.1) is 0 Å². The van der Waals surface area contributed by atoms with Crippen LogP contribution in [0.1, 0.15) is 12.8 Å². The number of carbonyl (C=O) groups is 1. The quantitative estimate of drug-likeness (QED) is 0.866. The molecule has 1 aliphatic rings. The second-order valence-electron chi connectivity index (χ2n) is 5.15. The van der Waals surface area contributed by atoms with Crippen LogP contribution in [0.15, 0.2) is 47.1 Å². The Labute approximate surface area is 137 Å². The summed E-state index contributed by atoms with van der Waals surface area (Å²) in [5.74, 6) is 0.839. The highest BCUT2D eigenvalue weighted by molar-refractivity contribution is 9.10. The average Bonchev–Trinajstić information content (AvgIpc) is 3.04. The van der Waals surface area contributed by atoms with Crippen LogP contribution in [0.25, 0.3) is 0 Å². The van der Waals surface area contributed by atoms with Gasteiger partial charge < -0.3 is 15.5 Å². The number of anilines is 3. The van der Waals surface area contributed by atoms with Crippen LogP contribution >= 0.6 is 15.9 Å². The van der Waals surface area contributed by atoms with E-state index >= 15 is 0 Å². The summed E-state index contributed by atoms with van der Waals surface area (Å²) in [6, 6.07) is 10.9. The molecular formula is C16H17BrN4O. The van der Waals surface area contributed by atoms with Crippen LogP contribution in [-0.2, 0) is 0 Å². The molecule has 3 rings (SSSR count). The first-order chi connectivity index (χ1) is 10.7. The molecule has 0 unspecified atom stereocenters. The number of halogens is 1. The van der Waals surface area contributed by atoms with Gasteiger partial charge in [-0.25, -0.2) is 9.78 Å². The van der Waals surface area contributed by atoms with Gasteiger partial charge in [-0.05, 0) is 49.2 Å². The predicted molar refractivity (Wildman–Crippen MR) is 92.5 cm³/mol. The van der Waals surface area contributed by atoms with Crippen LogP contribution in [0.2, 0.25) is 0 Å². The lowest BCUT2D eigenvalue weighted by Gasteiger charge is -2.20. The SMILES string of the molecule is O=C(Nc1ccc(Br)cc1)Nc1cccnc1N1CCCC1. The van der Waals surface area contributed by atoms with Crippen LogP contribution in [0.5, 0.6) is 0 Å². The van der Waals surface area contributed by atoms with Crippen molar-refractivity contribution < 1.29 is 4.79 Å². The first kappa shape index (κ1) is 14.8. The first-order valence-corrected chi connectivity index (χ1v) is 8.05. The lowest BCUT2D eigenvalue weighted by atomic mass is 10.3. The number of nitrogens with one attached hydrogen (secondary N) is 2. The topological polar surface area (TPSA) is 57.3 Å². The van der Waals surface area contributed by atoms with E-state index in [0.717, 1.165) is 34.8 Å². The molecular weight excluding hydrogens is 344 g/mol. The summed E-state index contributed by atoms with van der Waals surface area (Å²) in [6.07, 6.45) is 4.09. The Bertz CT molecular complexity index is 653. The van der Waals surface area contributed by atoms with Gasteiger partial charge in [-0.1, -0.05) is 15.9 Å². The minimum absolute atomic E-state index is 0.268. The molecule has 22 heavy (non-hydrogen) atoms. The van der Waals surface area contributed by atoms with Gasteiger partial charge in [0.1, 0.15) is 0 Å². The second kappa shape index (κ2) is 6.79. The Kier molecular flexibility index (Phi) is 4.58. The molecule has 2 aromatic rings. The van der Waals surface area contributed by atoms with Crippen molar-refractivity contribution >= 4 is 39.2 Å². The lowest BCUT2D eigenvalue weighted by Crippen LogP contribution is -2.24. The van der Waals surface area contributed by atoms with Gasteiger partial charge in [-0.15, -0.1) is 0 Å². The monoisotopic (exact) mass is 360 g/mol. The van der Waals surface area contributed by atoms with E-state index in [1.165, 1.54) is 12.8 Å². The number of pyridine rings is 1. The molecule has 2 N–H and O–H groups in total. The smallest absolute Gasteiger partial charge is 0.323 e. The number of aromatic nitrogens is 1. The molecule has 0 aliphatic carbocycles. The molecule has 1 saturated heterocycles. The van der Waals surface area contributed by atoms with Crippen molar-refractivity contribution in [1.82, 2.24) is 4.98 Å². The van der Waals surface area contributed by atoms with E-state index in [1.807, 2.05) is 36.4 Å². The molecule has 2 heterocycles. The molecule has 0 radical (unpaired) electrons. The van der Waals surface area contributed by atoms with Crippen molar-refractivity contribution in [1.29, 1.82) is 0 Å². The van der Waals surface area contributed by atoms with Crippen LogP contribution < -0.4 is 15.5 Å². The molecule has 1 fully saturated rings. The van der Waals surface area contributed by atoms with Crippen molar-refractivity contribution in [2.45, 2.75) is 12.8 Å². The Morgan fingerprint density at radius 3 is 2.55 bits per heavy atom. The Balaban J connectivity index is 1.69. The third-order valence-electron chi connectivity index (χ3n) is 3.54. The fraction of sp³-hybridized carbons (Fsp3) is 0.250.